The first-order valence-electron chi connectivity index (χ1n) is 11.8. The lowest BCUT2D eigenvalue weighted by Gasteiger charge is -2.27. The van der Waals surface area contributed by atoms with Crippen molar-refractivity contribution in [1.82, 2.24) is 8.87 Å². The predicted molar refractivity (Wildman–Crippen MR) is 135 cm³/mol. The lowest BCUT2D eigenvalue weighted by Crippen LogP contribution is -2.35. The van der Waals surface area contributed by atoms with E-state index in [0.29, 0.717) is 13.0 Å². The Labute approximate surface area is 212 Å². The summed E-state index contributed by atoms with van der Waals surface area (Å²) >= 11 is 0. The molecule has 0 aliphatic carbocycles. The smallest absolute Gasteiger partial charge is 0.340 e. The Morgan fingerprint density at radius 3 is 2.27 bits per heavy atom. The van der Waals surface area contributed by atoms with Gasteiger partial charge in [0.15, 0.2) is 0 Å². The van der Waals surface area contributed by atoms with Crippen molar-refractivity contribution in [3.63, 3.8) is 0 Å². The zero-order valence-electron chi connectivity index (χ0n) is 20.0. The van der Waals surface area contributed by atoms with E-state index in [1.54, 1.807) is 18.2 Å². The Bertz CT molecular complexity index is 1600. The fourth-order valence-corrected chi connectivity index (χ4v) is 6.57. The number of rotatable bonds is 5. The molecule has 0 bridgehead atoms. The molecule has 0 saturated heterocycles. The molecule has 0 N–H and O–H groups in total. The topological polar surface area (TPSA) is 42.3 Å². The van der Waals surface area contributed by atoms with Crippen molar-refractivity contribution in [2.24, 2.45) is 0 Å². The zero-order chi connectivity index (χ0) is 26.4. The molecule has 0 saturated carbocycles. The number of para-hydroxylation sites is 1. The van der Waals surface area contributed by atoms with Crippen molar-refractivity contribution >= 4 is 26.5 Å². The van der Waals surface area contributed by atoms with Gasteiger partial charge in [-0.1, -0.05) is 48.5 Å². The first kappa shape index (κ1) is 25.2. The number of benzene rings is 3. The highest BCUT2D eigenvalue weighted by Gasteiger charge is 2.39. The van der Waals surface area contributed by atoms with E-state index in [0.717, 1.165) is 49.7 Å². The lowest BCUT2D eigenvalue weighted by molar-refractivity contribution is -0.139. The molecule has 1 aliphatic rings. The summed E-state index contributed by atoms with van der Waals surface area (Å²) in [4.78, 5) is -0.730. The van der Waals surface area contributed by atoms with E-state index in [1.807, 2.05) is 31.2 Å². The van der Waals surface area contributed by atoms with Crippen LogP contribution in [0, 0.1) is 12.7 Å². The van der Waals surface area contributed by atoms with Crippen LogP contribution in [0.5, 0.6) is 0 Å². The minimum absolute atomic E-state index is 0.0270. The monoisotopic (exact) mass is 528 g/mol. The van der Waals surface area contributed by atoms with Crippen LogP contribution in [0.15, 0.2) is 83.8 Å². The molecule has 4 aromatic rings. The summed E-state index contributed by atoms with van der Waals surface area (Å²) in [5.74, 6) is -0.303. The fourth-order valence-electron chi connectivity index (χ4n) is 4.97. The highest BCUT2D eigenvalue weighted by molar-refractivity contribution is 7.89. The summed E-state index contributed by atoms with van der Waals surface area (Å²) in [6.45, 7) is 2.56. The van der Waals surface area contributed by atoms with Gasteiger partial charge in [0.05, 0.1) is 10.5 Å². The molecule has 0 fully saturated rings. The van der Waals surface area contributed by atoms with Crippen LogP contribution in [-0.4, -0.2) is 30.4 Å². The average molecular weight is 529 g/mol. The Kier molecular flexibility index (Phi) is 6.45. The summed E-state index contributed by atoms with van der Waals surface area (Å²) in [6.07, 6.45) is -2.63. The molecular weight excluding hydrogens is 504 g/mol. The van der Waals surface area contributed by atoms with E-state index in [4.69, 9.17) is 0 Å². The van der Waals surface area contributed by atoms with Crippen molar-refractivity contribution in [3.8, 4) is 0 Å². The van der Waals surface area contributed by atoms with Gasteiger partial charge in [-0.15, -0.1) is 0 Å². The van der Waals surface area contributed by atoms with E-state index < -0.39 is 26.7 Å². The molecule has 1 aliphatic heterocycles. The van der Waals surface area contributed by atoms with E-state index in [9.17, 15) is 26.0 Å². The van der Waals surface area contributed by atoms with Gasteiger partial charge in [-0.3, -0.25) is 0 Å². The molecule has 0 unspecified atom stereocenters. The SMILES string of the molecule is Cc1c(C2=CCN(S(=O)(=O)c3ccccc3C(F)(F)F)CC2)c2ccccc2n1Cc1ccc(F)cc1. The molecule has 9 heteroatoms. The largest absolute Gasteiger partial charge is 0.417 e. The molecule has 192 valence electrons. The third kappa shape index (κ3) is 4.69. The van der Waals surface area contributed by atoms with Crippen LogP contribution in [0.25, 0.3) is 16.5 Å². The maximum absolute atomic E-state index is 13.5. The average Bonchev–Trinajstić information content (AvgIpc) is 3.16. The van der Waals surface area contributed by atoms with Crippen LogP contribution in [-0.2, 0) is 22.7 Å². The van der Waals surface area contributed by atoms with Gasteiger partial charge in [0.2, 0.25) is 10.0 Å². The van der Waals surface area contributed by atoms with Gasteiger partial charge < -0.3 is 4.57 Å². The number of nitrogens with zero attached hydrogens (tertiary/aromatic N) is 2. The molecule has 37 heavy (non-hydrogen) atoms. The molecule has 1 aromatic heterocycles. The number of hydrogen-bond acceptors (Lipinski definition) is 2. The van der Waals surface area contributed by atoms with E-state index in [1.165, 1.54) is 24.3 Å². The molecule has 0 spiro atoms. The third-order valence-corrected chi connectivity index (χ3v) is 8.71. The number of hydrogen-bond donors (Lipinski definition) is 0. The van der Waals surface area contributed by atoms with Crippen LogP contribution in [0.1, 0.15) is 28.8 Å². The second-order valence-electron chi connectivity index (χ2n) is 9.03. The highest BCUT2D eigenvalue weighted by atomic mass is 32.2. The first-order valence-corrected chi connectivity index (χ1v) is 13.2. The Hall–Kier alpha value is -3.43. The van der Waals surface area contributed by atoms with Gasteiger partial charge in [0.25, 0.3) is 0 Å². The Morgan fingerprint density at radius 1 is 0.919 bits per heavy atom. The summed E-state index contributed by atoms with van der Waals surface area (Å²) in [6, 6.07) is 18.5. The normalized spacial score (nSPS) is 15.2. The molecule has 0 atom stereocenters. The maximum Gasteiger partial charge on any atom is 0.417 e. The summed E-state index contributed by atoms with van der Waals surface area (Å²) in [5.41, 5.74) is 3.69. The lowest BCUT2D eigenvalue weighted by atomic mass is 9.97. The van der Waals surface area contributed by atoms with Gasteiger partial charge in [0.1, 0.15) is 5.82 Å². The standard InChI is InChI=1S/C28H24F4N2O2S/c1-19-27(23-6-2-4-8-25(23)34(19)18-20-10-12-22(29)13-11-20)21-14-16-33(17-15-21)37(35,36)26-9-5-3-7-24(26)28(30,31)32/h2-14H,15-18H2,1H3. The molecule has 0 radical (unpaired) electrons. The molecule has 3 aromatic carbocycles. The van der Waals surface area contributed by atoms with Crippen molar-refractivity contribution < 1.29 is 26.0 Å². The van der Waals surface area contributed by atoms with Crippen molar-refractivity contribution in [2.75, 3.05) is 13.1 Å². The highest BCUT2D eigenvalue weighted by Crippen LogP contribution is 2.38. The Morgan fingerprint density at radius 2 is 1.59 bits per heavy atom. The third-order valence-electron chi connectivity index (χ3n) is 6.79. The van der Waals surface area contributed by atoms with Gasteiger partial charge in [0, 0.05) is 41.8 Å². The molecule has 4 nitrogen and oxygen atoms in total. The predicted octanol–water partition coefficient (Wildman–Crippen LogP) is 6.63. The fraction of sp³-hybridized carbons (Fsp3) is 0.214. The van der Waals surface area contributed by atoms with Crippen LogP contribution in [0.3, 0.4) is 0 Å². The summed E-state index contributed by atoms with van der Waals surface area (Å²) in [5, 5.41) is 1.01. The van der Waals surface area contributed by atoms with Crippen LogP contribution in [0.2, 0.25) is 0 Å². The zero-order valence-corrected chi connectivity index (χ0v) is 20.8. The summed E-state index contributed by atoms with van der Waals surface area (Å²) in [7, 11) is -4.34. The number of fused-ring (bicyclic) bond motifs is 1. The molecule has 2 heterocycles. The van der Waals surface area contributed by atoms with E-state index in [2.05, 4.69) is 4.57 Å². The van der Waals surface area contributed by atoms with Gasteiger partial charge in [-0.05, 0) is 54.8 Å². The Balaban J connectivity index is 1.49. The van der Waals surface area contributed by atoms with Gasteiger partial charge >= 0.3 is 6.18 Å². The van der Waals surface area contributed by atoms with E-state index in [-0.39, 0.29) is 18.9 Å². The van der Waals surface area contributed by atoms with Crippen LogP contribution < -0.4 is 0 Å². The minimum Gasteiger partial charge on any atom is -0.340 e. The number of halogens is 4. The van der Waals surface area contributed by atoms with Crippen molar-refractivity contribution in [2.45, 2.75) is 31.0 Å². The van der Waals surface area contributed by atoms with Gasteiger partial charge in [-0.25, -0.2) is 12.8 Å². The van der Waals surface area contributed by atoms with Crippen molar-refractivity contribution in [3.05, 3.63) is 107 Å². The van der Waals surface area contributed by atoms with Crippen LogP contribution in [0.4, 0.5) is 17.6 Å². The number of alkyl halides is 3. The molecule has 5 rings (SSSR count). The molecular formula is C28H24F4N2O2S. The van der Waals surface area contributed by atoms with Gasteiger partial charge in [-0.2, -0.15) is 17.5 Å². The summed E-state index contributed by atoms with van der Waals surface area (Å²) < 4.78 is 83.4. The molecule has 0 amide bonds. The first-order chi connectivity index (χ1) is 17.6. The van der Waals surface area contributed by atoms with Crippen LogP contribution >= 0.6 is 0 Å². The number of sulfonamides is 1. The van der Waals surface area contributed by atoms with Crippen molar-refractivity contribution in [1.29, 1.82) is 0 Å². The minimum atomic E-state index is -4.77. The second kappa shape index (κ2) is 9.46. The maximum atomic E-state index is 13.5. The quantitative estimate of drug-likeness (QED) is 0.273. The second-order valence-corrected chi connectivity index (χ2v) is 10.9. The number of aromatic nitrogens is 1. The van der Waals surface area contributed by atoms with E-state index >= 15 is 0 Å².